The van der Waals surface area contributed by atoms with Crippen molar-refractivity contribution in [3.63, 3.8) is 0 Å². The standard InChI is InChI=1S/C9H7ClF3NO2/c1-5-2-6(4-10)8(9(11,12)13)7(3-5)14(15)16/h2-3H,4H2,1H3. The van der Waals surface area contributed by atoms with Gasteiger partial charge >= 0.3 is 6.18 Å². The van der Waals surface area contributed by atoms with Crippen LogP contribution in [0.4, 0.5) is 18.9 Å². The van der Waals surface area contributed by atoms with Gasteiger partial charge in [0.15, 0.2) is 0 Å². The number of hydrogen-bond donors (Lipinski definition) is 0. The Hall–Kier alpha value is -1.30. The zero-order chi connectivity index (χ0) is 12.5. The minimum atomic E-state index is -4.78. The van der Waals surface area contributed by atoms with E-state index in [1.165, 1.54) is 13.0 Å². The van der Waals surface area contributed by atoms with Crippen LogP contribution >= 0.6 is 11.6 Å². The summed E-state index contributed by atoms with van der Waals surface area (Å²) in [6.07, 6.45) is -4.78. The number of hydrogen-bond acceptors (Lipinski definition) is 2. The Labute approximate surface area is 94.0 Å². The molecule has 1 rings (SSSR count). The second kappa shape index (κ2) is 4.29. The number of benzene rings is 1. The number of aryl methyl sites for hydroxylation is 1. The van der Waals surface area contributed by atoms with Gasteiger partial charge in [-0.25, -0.2) is 0 Å². The minimum absolute atomic E-state index is 0.277. The molecule has 0 N–H and O–H groups in total. The van der Waals surface area contributed by atoms with Crippen molar-refractivity contribution in [1.82, 2.24) is 0 Å². The molecular formula is C9H7ClF3NO2. The van der Waals surface area contributed by atoms with E-state index in [2.05, 4.69) is 0 Å². The lowest BCUT2D eigenvalue weighted by atomic mass is 10.0. The topological polar surface area (TPSA) is 43.1 Å². The fraction of sp³-hybridized carbons (Fsp3) is 0.333. The maximum atomic E-state index is 12.6. The van der Waals surface area contributed by atoms with Crippen LogP contribution in [0.1, 0.15) is 16.7 Å². The van der Waals surface area contributed by atoms with E-state index in [4.69, 9.17) is 11.6 Å². The second-order valence-electron chi connectivity index (χ2n) is 3.21. The maximum Gasteiger partial charge on any atom is 0.423 e. The van der Waals surface area contributed by atoms with Crippen LogP contribution < -0.4 is 0 Å². The molecular weight excluding hydrogens is 247 g/mol. The summed E-state index contributed by atoms with van der Waals surface area (Å²) in [6.45, 7) is 1.48. The first-order chi connectivity index (χ1) is 7.27. The number of rotatable bonds is 2. The highest BCUT2D eigenvalue weighted by Gasteiger charge is 2.40. The summed E-state index contributed by atoms with van der Waals surface area (Å²) in [4.78, 5) is 9.50. The van der Waals surface area contributed by atoms with Gasteiger partial charge < -0.3 is 0 Å². The normalized spacial score (nSPS) is 11.6. The van der Waals surface area contributed by atoms with Crippen LogP contribution in [-0.4, -0.2) is 4.92 Å². The SMILES string of the molecule is Cc1cc(CCl)c(C(F)(F)F)c([N+](=O)[O-])c1. The third kappa shape index (κ3) is 2.44. The second-order valence-corrected chi connectivity index (χ2v) is 3.47. The Morgan fingerprint density at radius 3 is 2.38 bits per heavy atom. The van der Waals surface area contributed by atoms with Gasteiger partial charge in [0.25, 0.3) is 5.69 Å². The summed E-state index contributed by atoms with van der Waals surface area (Å²) in [6, 6.07) is 2.09. The molecule has 0 atom stereocenters. The fourth-order valence-electron chi connectivity index (χ4n) is 1.42. The Balaban J connectivity index is 3.58. The Bertz CT molecular complexity index is 431. The summed E-state index contributed by atoms with van der Waals surface area (Å²) in [5, 5.41) is 10.6. The smallest absolute Gasteiger partial charge is 0.258 e. The summed E-state index contributed by atoms with van der Waals surface area (Å²) in [5.74, 6) is -0.419. The molecule has 1 aromatic carbocycles. The highest BCUT2D eigenvalue weighted by Crippen LogP contribution is 2.39. The Morgan fingerprint density at radius 1 is 1.44 bits per heavy atom. The molecule has 0 unspecified atom stereocenters. The fourth-order valence-corrected chi connectivity index (χ4v) is 1.63. The number of nitrogens with zero attached hydrogens (tertiary/aromatic N) is 1. The molecule has 0 aliphatic heterocycles. The van der Waals surface area contributed by atoms with Crippen molar-refractivity contribution in [1.29, 1.82) is 0 Å². The van der Waals surface area contributed by atoms with E-state index < -0.39 is 28.2 Å². The van der Waals surface area contributed by atoms with E-state index in [0.29, 0.717) is 5.56 Å². The zero-order valence-electron chi connectivity index (χ0n) is 8.14. The van der Waals surface area contributed by atoms with Crippen molar-refractivity contribution in [2.24, 2.45) is 0 Å². The van der Waals surface area contributed by atoms with Gasteiger partial charge in [0.1, 0.15) is 5.56 Å². The van der Waals surface area contributed by atoms with Crippen molar-refractivity contribution >= 4 is 17.3 Å². The van der Waals surface area contributed by atoms with E-state index >= 15 is 0 Å². The van der Waals surface area contributed by atoms with Crippen LogP contribution in [0.3, 0.4) is 0 Å². The molecule has 88 valence electrons. The summed E-state index contributed by atoms with van der Waals surface area (Å²) in [7, 11) is 0. The molecule has 0 aliphatic rings. The van der Waals surface area contributed by atoms with Gasteiger partial charge in [-0.1, -0.05) is 6.07 Å². The summed E-state index contributed by atoms with van der Waals surface area (Å²) >= 11 is 5.36. The maximum absolute atomic E-state index is 12.6. The quantitative estimate of drug-likeness (QED) is 0.459. The molecule has 0 spiro atoms. The molecule has 0 saturated heterocycles. The van der Waals surface area contributed by atoms with Crippen LogP contribution in [0.25, 0.3) is 0 Å². The van der Waals surface area contributed by atoms with Crippen LogP contribution in [0.2, 0.25) is 0 Å². The number of nitro benzene ring substituents is 1. The monoisotopic (exact) mass is 253 g/mol. The molecule has 7 heteroatoms. The first-order valence-electron chi connectivity index (χ1n) is 4.18. The molecule has 0 radical (unpaired) electrons. The number of alkyl halides is 4. The predicted molar refractivity (Wildman–Crippen MR) is 52.4 cm³/mol. The molecule has 3 nitrogen and oxygen atoms in total. The number of halogens is 4. The van der Waals surface area contributed by atoms with E-state index in [1.807, 2.05) is 0 Å². The average Bonchev–Trinajstić information content (AvgIpc) is 2.14. The van der Waals surface area contributed by atoms with Gasteiger partial charge in [0, 0.05) is 11.9 Å². The molecule has 0 fully saturated rings. The van der Waals surface area contributed by atoms with Crippen LogP contribution in [0, 0.1) is 17.0 Å². The molecule has 0 amide bonds. The first-order valence-corrected chi connectivity index (χ1v) is 4.72. The first kappa shape index (κ1) is 12.8. The Kier molecular flexibility index (Phi) is 3.42. The van der Waals surface area contributed by atoms with Gasteiger partial charge in [-0.3, -0.25) is 10.1 Å². The highest BCUT2D eigenvalue weighted by atomic mass is 35.5. The van der Waals surface area contributed by atoms with Crippen LogP contribution in [0.15, 0.2) is 12.1 Å². The molecule has 1 aromatic rings. The van der Waals surface area contributed by atoms with Gasteiger partial charge in [0.05, 0.1) is 4.92 Å². The molecule has 0 bridgehead atoms. The molecule has 0 heterocycles. The van der Waals surface area contributed by atoms with E-state index in [9.17, 15) is 23.3 Å². The minimum Gasteiger partial charge on any atom is -0.258 e. The van der Waals surface area contributed by atoms with Gasteiger partial charge in [0.2, 0.25) is 0 Å². The van der Waals surface area contributed by atoms with Crippen molar-refractivity contribution in [2.75, 3.05) is 0 Å². The van der Waals surface area contributed by atoms with Crippen molar-refractivity contribution in [2.45, 2.75) is 19.0 Å². The van der Waals surface area contributed by atoms with Crippen molar-refractivity contribution in [3.8, 4) is 0 Å². The van der Waals surface area contributed by atoms with E-state index in [-0.39, 0.29) is 5.56 Å². The van der Waals surface area contributed by atoms with Crippen molar-refractivity contribution in [3.05, 3.63) is 38.9 Å². The van der Waals surface area contributed by atoms with E-state index in [1.54, 1.807) is 0 Å². The lowest BCUT2D eigenvalue weighted by molar-refractivity contribution is -0.388. The molecule has 0 saturated carbocycles. The lowest BCUT2D eigenvalue weighted by Gasteiger charge is -2.12. The predicted octanol–water partition coefficient (Wildman–Crippen LogP) is 3.66. The van der Waals surface area contributed by atoms with E-state index in [0.717, 1.165) is 6.07 Å². The van der Waals surface area contributed by atoms with Crippen LogP contribution in [0.5, 0.6) is 0 Å². The largest absolute Gasteiger partial charge is 0.423 e. The average molecular weight is 254 g/mol. The molecule has 16 heavy (non-hydrogen) atoms. The van der Waals surface area contributed by atoms with Gasteiger partial charge in [-0.2, -0.15) is 13.2 Å². The van der Waals surface area contributed by atoms with Crippen molar-refractivity contribution < 1.29 is 18.1 Å². The third-order valence-corrected chi connectivity index (χ3v) is 2.26. The van der Waals surface area contributed by atoms with Gasteiger partial charge in [-0.15, -0.1) is 11.6 Å². The molecule has 0 aromatic heterocycles. The molecule has 0 aliphatic carbocycles. The van der Waals surface area contributed by atoms with Crippen LogP contribution in [-0.2, 0) is 12.1 Å². The summed E-state index contributed by atoms with van der Waals surface area (Å²) in [5.41, 5.74) is -2.13. The zero-order valence-corrected chi connectivity index (χ0v) is 8.89. The highest BCUT2D eigenvalue weighted by molar-refractivity contribution is 6.17. The third-order valence-electron chi connectivity index (χ3n) is 1.97. The summed E-state index contributed by atoms with van der Waals surface area (Å²) < 4.78 is 37.9. The van der Waals surface area contributed by atoms with Gasteiger partial charge in [-0.05, 0) is 18.1 Å². The Morgan fingerprint density at radius 2 is 2.00 bits per heavy atom. The number of nitro groups is 1. The lowest BCUT2D eigenvalue weighted by Crippen LogP contribution is -2.12.